The molecular weight excluding hydrogens is 220 g/mol. The van der Waals surface area contributed by atoms with Gasteiger partial charge >= 0.3 is 0 Å². The van der Waals surface area contributed by atoms with E-state index in [1.54, 1.807) is 17.6 Å². The van der Waals surface area contributed by atoms with Crippen molar-refractivity contribution in [2.75, 3.05) is 13.6 Å². The highest BCUT2D eigenvalue weighted by Gasteiger charge is 2.04. The van der Waals surface area contributed by atoms with Crippen LogP contribution < -0.4 is 5.32 Å². The molecule has 0 aliphatic heterocycles. The van der Waals surface area contributed by atoms with E-state index < -0.39 is 0 Å². The van der Waals surface area contributed by atoms with E-state index in [9.17, 15) is 0 Å². The molecule has 4 heteroatoms. The van der Waals surface area contributed by atoms with E-state index in [1.165, 1.54) is 5.69 Å². The van der Waals surface area contributed by atoms with Crippen molar-refractivity contribution in [2.45, 2.75) is 19.3 Å². The smallest absolute Gasteiger partial charge is 0.110 e. The molecule has 0 atom stereocenters. The molecule has 2 aromatic rings. The monoisotopic (exact) mass is 236 g/mol. The number of aryl methyl sites for hydroxylation is 1. The fraction of sp³-hybridized carbons (Fsp3) is 0.417. The summed E-state index contributed by atoms with van der Waals surface area (Å²) in [7, 11) is 1.98. The van der Waals surface area contributed by atoms with Gasteiger partial charge in [0, 0.05) is 5.38 Å². The number of hydrogen-bond donors (Lipinski definition) is 1. The number of nitrogens with zero attached hydrogens (tertiary/aromatic N) is 1. The molecule has 3 nitrogen and oxygen atoms in total. The highest BCUT2D eigenvalue weighted by atomic mass is 32.1. The quantitative estimate of drug-likeness (QED) is 0.783. The lowest BCUT2D eigenvalue weighted by Crippen LogP contribution is -2.08. The molecule has 0 spiro atoms. The predicted octanol–water partition coefficient (Wildman–Crippen LogP) is 2.48. The number of aromatic nitrogens is 1. The fourth-order valence-corrected chi connectivity index (χ4v) is 2.39. The molecule has 0 unspecified atom stereocenters. The minimum absolute atomic E-state index is 0.809. The van der Waals surface area contributed by atoms with Crippen LogP contribution in [0.25, 0.3) is 0 Å². The van der Waals surface area contributed by atoms with Crippen molar-refractivity contribution in [1.82, 2.24) is 10.3 Å². The van der Waals surface area contributed by atoms with Gasteiger partial charge in [-0.1, -0.05) is 0 Å². The van der Waals surface area contributed by atoms with Crippen molar-refractivity contribution in [3.8, 4) is 0 Å². The second kappa shape index (κ2) is 5.82. The highest BCUT2D eigenvalue weighted by molar-refractivity contribution is 7.09. The lowest BCUT2D eigenvalue weighted by Gasteiger charge is -1.96. The molecule has 0 aromatic carbocycles. The van der Waals surface area contributed by atoms with Crippen LogP contribution in [0.4, 0.5) is 0 Å². The molecular formula is C12H16N2OS. The number of furan rings is 1. The lowest BCUT2D eigenvalue weighted by atomic mass is 10.2. The maximum atomic E-state index is 5.30. The first-order chi connectivity index (χ1) is 7.88. The van der Waals surface area contributed by atoms with Crippen LogP contribution in [0.15, 0.2) is 28.2 Å². The number of rotatable bonds is 6. The molecule has 2 heterocycles. The zero-order valence-electron chi connectivity index (χ0n) is 9.40. The summed E-state index contributed by atoms with van der Waals surface area (Å²) in [4.78, 5) is 4.59. The summed E-state index contributed by atoms with van der Waals surface area (Å²) < 4.78 is 5.30. The Morgan fingerprint density at radius 2 is 2.44 bits per heavy atom. The maximum absolute atomic E-state index is 5.30. The molecule has 16 heavy (non-hydrogen) atoms. The molecule has 0 saturated heterocycles. The van der Waals surface area contributed by atoms with Gasteiger partial charge in [0.25, 0.3) is 0 Å². The standard InChI is InChI=1S/C12H16N2OS/c1-13-6-2-4-10-9-16-12(14-10)8-11-5-3-7-15-11/h3,5,7,9,13H,2,4,6,8H2,1H3. The second-order valence-electron chi connectivity index (χ2n) is 3.70. The predicted molar refractivity (Wildman–Crippen MR) is 65.9 cm³/mol. The van der Waals surface area contributed by atoms with Gasteiger partial charge in [-0.15, -0.1) is 11.3 Å². The van der Waals surface area contributed by atoms with Gasteiger partial charge in [0.15, 0.2) is 0 Å². The van der Waals surface area contributed by atoms with Crippen LogP contribution in [-0.4, -0.2) is 18.6 Å². The summed E-state index contributed by atoms with van der Waals surface area (Å²) in [5.41, 5.74) is 1.20. The van der Waals surface area contributed by atoms with Gasteiger partial charge in [0.1, 0.15) is 10.8 Å². The molecule has 86 valence electrons. The molecule has 0 amide bonds. The Morgan fingerprint density at radius 3 is 3.19 bits per heavy atom. The fourth-order valence-electron chi connectivity index (χ4n) is 1.55. The van der Waals surface area contributed by atoms with Gasteiger partial charge in [0.2, 0.25) is 0 Å². The summed E-state index contributed by atoms with van der Waals surface area (Å²) in [6, 6.07) is 3.90. The van der Waals surface area contributed by atoms with Crippen LogP contribution in [0.5, 0.6) is 0 Å². The van der Waals surface area contributed by atoms with Crippen molar-refractivity contribution < 1.29 is 4.42 Å². The van der Waals surface area contributed by atoms with Gasteiger partial charge in [-0.05, 0) is 38.6 Å². The van der Waals surface area contributed by atoms with Crippen molar-refractivity contribution in [3.63, 3.8) is 0 Å². The normalized spacial score (nSPS) is 10.8. The van der Waals surface area contributed by atoms with Gasteiger partial charge in [-0.3, -0.25) is 0 Å². The SMILES string of the molecule is CNCCCc1csc(Cc2ccco2)n1. The molecule has 0 radical (unpaired) electrons. The third kappa shape index (κ3) is 3.18. The number of hydrogen-bond acceptors (Lipinski definition) is 4. The van der Waals surface area contributed by atoms with E-state index in [4.69, 9.17) is 4.42 Å². The molecule has 0 aliphatic rings. The molecule has 1 N–H and O–H groups in total. The Balaban J connectivity index is 1.87. The Bertz CT molecular complexity index is 408. The van der Waals surface area contributed by atoms with E-state index in [-0.39, 0.29) is 0 Å². The highest BCUT2D eigenvalue weighted by Crippen LogP contribution is 2.15. The minimum Gasteiger partial charge on any atom is -0.469 e. The average molecular weight is 236 g/mol. The van der Waals surface area contributed by atoms with Gasteiger partial charge in [0.05, 0.1) is 18.4 Å². The lowest BCUT2D eigenvalue weighted by molar-refractivity contribution is 0.520. The summed E-state index contributed by atoms with van der Waals surface area (Å²) in [6.45, 7) is 1.05. The molecule has 0 fully saturated rings. The molecule has 2 rings (SSSR count). The second-order valence-corrected chi connectivity index (χ2v) is 4.64. The third-order valence-electron chi connectivity index (χ3n) is 2.36. The Morgan fingerprint density at radius 1 is 1.50 bits per heavy atom. The van der Waals surface area contributed by atoms with E-state index in [0.717, 1.165) is 36.6 Å². The van der Waals surface area contributed by atoms with E-state index in [2.05, 4.69) is 15.7 Å². The zero-order valence-corrected chi connectivity index (χ0v) is 10.2. The van der Waals surface area contributed by atoms with Gasteiger partial charge in [-0.25, -0.2) is 4.98 Å². The topological polar surface area (TPSA) is 38.1 Å². The van der Waals surface area contributed by atoms with Crippen LogP contribution in [0.3, 0.4) is 0 Å². The van der Waals surface area contributed by atoms with Crippen LogP contribution in [-0.2, 0) is 12.8 Å². The zero-order chi connectivity index (χ0) is 11.2. The van der Waals surface area contributed by atoms with Crippen molar-refractivity contribution in [3.05, 3.63) is 40.2 Å². The van der Waals surface area contributed by atoms with Crippen molar-refractivity contribution in [1.29, 1.82) is 0 Å². The first-order valence-corrected chi connectivity index (χ1v) is 6.36. The van der Waals surface area contributed by atoms with Gasteiger partial charge in [-0.2, -0.15) is 0 Å². The average Bonchev–Trinajstić information content (AvgIpc) is 2.91. The maximum Gasteiger partial charge on any atom is 0.110 e. The van der Waals surface area contributed by atoms with Crippen molar-refractivity contribution in [2.24, 2.45) is 0 Å². The largest absolute Gasteiger partial charge is 0.469 e. The van der Waals surface area contributed by atoms with Crippen molar-refractivity contribution >= 4 is 11.3 Å². The van der Waals surface area contributed by atoms with E-state index >= 15 is 0 Å². The van der Waals surface area contributed by atoms with Gasteiger partial charge < -0.3 is 9.73 Å². The Labute approximate surface area is 99.5 Å². The molecule has 0 saturated carbocycles. The first-order valence-electron chi connectivity index (χ1n) is 5.49. The summed E-state index contributed by atoms with van der Waals surface area (Å²) in [5, 5.41) is 6.42. The van der Waals surface area contributed by atoms with Crippen LogP contribution in [0, 0.1) is 0 Å². The third-order valence-corrected chi connectivity index (χ3v) is 3.26. The first kappa shape index (κ1) is 11.4. The summed E-state index contributed by atoms with van der Waals surface area (Å²) in [5.74, 6) is 0.983. The van der Waals surface area contributed by atoms with E-state index in [0.29, 0.717) is 0 Å². The number of thiazole rings is 1. The molecule has 0 aliphatic carbocycles. The minimum atomic E-state index is 0.809. The summed E-state index contributed by atoms with van der Waals surface area (Å²) >= 11 is 1.71. The Kier molecular flexibility index (Phi) is 4.13. The number of nitrogens with one attached hydrogen (secondary N) is 1. The molecule has 2 aromatic heterocycles. The van der Waals surface area contributed by atoms with E-state index in [1.807, 2.05) is 19.2 Å². The summed E-state index contributed by atoms with van der Waals surface area (Å²) in [6.07, 6.45) is 4.70. The van der Waals surface area contributed by atoms with Crippen LogP contribution in [0.1, 0.15) is 22.9 Å². The Hall–Kier alpha value is -1.13. The molecule has 0 bridgehead atoms. The van der Waals surface area contributed by atoms with Crippen LogP contribution in [0.2, 0.25) is 0 Å². The van der Waals surface area contributed by atoms with Crippen LogP contribution >= 0.6 is 11.3 Å².